The van der Waals surface area contributed by atoms with Gasteiger partial charge in [0.1, 0.15) is 5.75 Å². The molecule has 0 bridgehead atoms. The SMILES string of the molecule is Cc1ccc(OCCCC(=O)Nc2cccc(Cl)c2)c(C)c1. The standard InChI is InChI=1S/C18H20ClNO2/c1-13-8-9-17(14(2)11-13)22-10-4-7-18(21)20-16-6-3-5-15(19)12-16/h3,5-6,8-9,11-12H,4,7,10H2,1-2H3,(H,20,21). The molecule has 4 heteroatoms. The first-order valence-corrected chi connectivity index (χ1v) is 7.68. The Kier molecular flexibility index (Phi) is 5.84. The number of benzene rings is 2. The van der Waals surface area contributed by atoms with Gasteiger partial charge in [-0.25, -0.2) is 0 Å². The van der Waals surface area contributed by atoms with Gasteiger partial charge in [-0.1, -0.05) is 35.4 Å². The first-order chi connectivity index (χ1) is 10.5. The summed E-state index contributed by atoms with van der Waals surface area (Å²) in [6.07, 6.45) is 1.08. The van der Waals surface area contributed by atoms with E-state index >= 15 is 0 Å². The zero-order valence-corrected chi connectivity index (χ0v) is 13.6. The predicted molar refractivity (Wildman–Crippen MR) is 90.7 cm³/mol. The van der Waals surface area contributed by atoms with Gasteiger partial charge >= 0.3 is 0 Å². The van der Waals surface area contributed by atoms with Gasteiger partial charge in [0.15, 0.2) is 0 Å². The second-order valence-corrected chi connectivity index (χ2v) is 5.72. The molecule has 0 unspecified atom stereocenters. The molecule has 0 heterocycles. The Labute approximate surface area is 136 Å². The Morgan fingerprint density at radius 2 is 2.00 bits per heavy atom. The van der Waals surface area contributed by atoms with Gasteiger partial charge in [-0.15, -0.1) is 0 Å². The van der Waals surface area contributed by atoms with Crippen LogP contribution in [-0.4, -0.2) is 12.5 Å². The van der Waals surface area contributed by atoms with E-state index in [1.807, 2.05) is 25.1 Å². The minimum absolute atomic E-state index is 0.0357. The summed E-state index contributed by atoms with van der Waals surface area (Å²) in [6, 6.07) is 13.2. The Bertz CT molecular complexity index is 655. The summed E-state index contributed by atoms with van der Waals surface area (Å²) in [5.41, 5.74) is 3.04. The summed E-state index contributed by atoms with van der Waals surface area (Å²) in [5, 5.41) is 3.43. The highest BCUT2D eigenvalue weighted by molar-refractivity contribution is 6.30. The molecule has 1 N–H and O–H groups in total. The normalized spacial score (nSPS) is 10.3. The number of hydrogen-bond acceptors (Lipinski definition) is 2. The van der Waals surface area contributed by atoms with Gasteiger partial charge in [0.05, 0.1) is 6.61 Å². The molecule has 0 aliphatic rings. The van der Waals surface area contributed by atoms with Crippen LogP contribution in [0.2, 0.25) is 5.02 Å². The van der Waals surface area contributed by atoms with E-state index < -0.39 is 0 Å². The number of amides is 1. The molecular weight excluding hydrogens is 298 g/mol. The van der Waals surface area contributed by atoms with Crippen LogP contribution in [0.5, 0.6) is 5.75 Å². The van der Waals surface area contributed by atoms with Crippen molar-refractivity contribution in [1.29, 1.82) is 0 Å². The highest BCUT2D eigenvalue weighted by atomic mass is 35.5. The molecule has 2 aromatic carbocycles. The fraction of sp³-hybridized carbons (Fsp3) is 0.278. The van der Waals surface area contributed by atoms with Crippen molar-refractivity contribution in [2.24, 2.45) is 0 Å². The Hall–Kier alpha value is -2.00. The monoisotopic (exact) mass is 317 g/mol. The van der Waals surface area contributed by atoms with Crippen molar-refractivity contribution in [2.75, 3.05) is 11.9 Å². The van der Waals surface area contributed by atoms with Crippen molar-refractivity contribution in [1.82, 2.24) is 0 Å². The minimum atomic E-state index is -0.0357. The average Bonchev–Trinajstić information content (AvgIpc) is 2.45. The van der Waals surface area contributed by atoms with Gasteiger partial charge < -0.3 is 10.1 Å². The molecule has 2 rings (SSSR count). The van der Waals surface area contributed by atoms with Gasteiger partial charge in [0, 0.05) is 17.1 Å². The van der Waals surface area contributed by atoms with E-state index in [9.17, 15) is 4.79 Å². The molecule has 0 aliphatic carbocycles. The molecule has 1 amide bonds. The maximum Gasteiger partial charge on any atom is 0.224 e. The summed E-state index contributed by atoms with van der Waals surface area (Å²) >= 11 is 5.88. The summed E-state index contributed by atoms with van der Waals surface area (Å²) in [7, 11) is 0. The summed E-state index contributed by atoms with van der Waals surface area (Å²) in [6.45, 7) is 4.60. The number of nitrogens with one attached hydrogen (secondary N) is 1. The quantitative estimate of drug-likeness (QED) is 0.780. The van der Waals surface area contributed by atoms with Crippen LogP contribution < -0.4 is 10.1 Å². The third-order valence-corrected chi connectivity index (χ3v) is 3.48. The van der Waals surface area contributed by atoms with Crippen LogP contribution in [0.1, 0.15) is 24.0 Å². The fourth-order valence-electron chi connectivity index (χ4n) is 2.17. The molecule has 0 saturated heterocycles. The van der Waals surface area contributed by atoms with Gasteiger partial charge in [0.2, 0.25) is 5.91 Å². The third-order valence-electron chi connectivity index (χ3n) is 3.24. The van der Waals surface area contributed by atoms with E-state index in [4.69, 9.17) is 16.3 Å². The molecular formula is C18H20ClNO2. The first kappa shape index (κ1) is 16.4. The molecule has 3 nitrogen and oxygen atoms in total. The highest BCUT2D eigenvalue weighted by Crippen LogP contribution is 2.19. The van der Waals surface area contributed by atoms with E-state index in [0.717, 1.165) is 11.3 Å². The minimum Gasteiger partial charge on any atom is -0.493 e. The predicted octanol–water partition coefficient (Wildman–Crippen LogP) is 4.75. The molecule has 0 saturated carbocycles. The van der Waals surface area contributed by atoms with E-state index in [1.165, 1.54) is 5.56 Å². The van der Waals surface area contributed by atoms with Crippen LogP contribution in [0.3, 0.4) is 0 Å². The maximum atomic E-state index is 11.8. The fourth-order valence-corrected chi connectivity index (χ4v) is 2.36. The number of ether oxygens (including phenoxy) is 1. The van der Waals surface area contributed by atoms with Crippen molar-refractivity contribution < 1.29 is 9.53 Å². The molecule has 0 atom stereocenters. The van der Waals surface area contributed by atoms with Crippen molar-refractivity contribution >= 4 is 23.2 Å². The zero-order chi connectivity index (χ0) is 15.9. The molecule has 0 fully saturated rings. The first-order valence-electron chi connectivity index (χ1n) is 7.30. The van der Waals surface area contributed by atoms with Gasteiger partial charge in [0.25, 0.3) is 0 Å². The van der Waals surface area contributed by atoms with Crippen LogP contribution in [0.4, 0.5) is 5.69 Å². The molecule has 22 heavy (non-hydrogen) atoms. The van der Waals surface area contributed by atoms with Crippen LogP contribution >= 0.6 is 11.6 Å². The maximum absolute atomic E-state index is 11.8. The lowest BCUT2D eigenvalue weighted by Gasteiger charge is -2.10. The average molecular weight is 318 g/mol. The number of carbonyl (C=O) groups is 1. The Morgan fingerprint density at radius 3 is 2.73 bits per heavy atom. The number of anilines is 1. The molecule has 0 spiro atoms. The number of halogens is 1. The smallest absolute Gasteiger partial charge is 0.224 e. The van der Waals surface area contributed by atoms with Crippen molar-refractivity contribution in [3.8, 4) is 5.75 Å². The van der Waals surface area contributed by atoms with Crippen molar-refractivity contribution in [3.05, 3.63) is 58.6 Å². The van der Waals surface area contributed by atoms with E-state index in [1.54, 1.807) is 18.2 Å². The van der Waals surface area contributed by atoms with Gasteiger partial charge in [-0.3, -0.25) is 4.79 Å². The number of aryl methyl sites for hydroxylation is 2. The topological polar surface area (TPSA) is 38.3 Å². The summed E-state index contributed by atoms with van der Waals surface area (Å²) < 4.78 is 5.71. The highest BCUT2D eigenvalue weighted by Gasteiger charge is 2.04. The lowest BCUT2D eigenvalue weighted by molar-refractivity contribution is -0.116. The Balaban J connectivity index is 1.73. The second kappa shape index (κ2) is 7.85. The summed E-state index contributed by atoms with van der Waals surface area (Å²) in [5.74, 6) is 0.840. The molecule has 0 aromatic heterocycles. The van der Waals surface area contributed by atoms with Gasteiger partial charge in [-0.05, 0) is 50.1 Å². The zero-order valence-electron chi connectivity index (χ0n) is 12.9. The van der Waals surface area contributed by atoms with E-state index in [0.29, 0.717) is 30.2 Å². The largest absolute Gasteiger partial charge is 0.493 e. The lowest BCUT2D eigenvalue weighted by Crippen LogP contribution is -2.12. The Morgan fingerprint density at radius 1 is 1.18 bits per heavy atom. The van der Waals surface area contributed by atoms with E-state index in [-0.39, 0.29) is 5.91 Å². The van der Waals surface area contributed by atoms with Crippen molar-refractivity contribution in [3.63, 3.8) is 0 Å². The third kappa shape index (κ3) is 5.08. The molecule has 2 aromatic rings. The lowest BCUT2D eigenvalue weighted by atomic mass is 10.1. The molecule has 0 radical (unpaired) electrons. The summed E-state index contributed by atoms with van der Waals surface area (Å²) in [4.78, 5) is 11.8. The number of carbonyl (C=O) groups excluding carboxylic acids is 1. The van der Waals surface area contributed by atoms with Crippen molar-refractivity contribution in [2.45, 2.75) is 26.7 Å². The van der Waals surface area contributed by atoms with E-state index in [2.05, 4.69) is 18.3 Å². The van der Waals surface area contributed by atoms with Crippen LogP contribution in [0, 0.1) is 13.8 Å². The van der Waals surface area contributed by atoms with Crippen LogP contribution in [0.15, 0.2) is 42.5 Å². The van der Waals surface area contributed by atoms with Gasteiger partial charge in [-0.2, -0.15) is 0 Å². The van der Waals surface area contributed by atoms with Crippen LogP contribution in [0.25, 0.3) is 0 Å². The van der Waals surface area contributed by atoms with Crippen LogP contribution in [-0.2, 0) is 4.79 Å². The molecule has 0 aliphatic heterocycles. The molecule has 116 valence electrons. The second-order valence-electron chi connectivity index (χ2n) is 5.28. The number of rotatable bonds is 6. The number of hydrogen-bond donors (Lipinski definition) is 1.